The first-order valence-electron chi connectivity index (χ1n) is 15.9. The summed E-state index contributed by atoms with van der Waals surface area (Å²) in [5.74, 6) is 0.120. The molecule has 1 saturated carbocycles. The SMILES string of the molecule is CC(C)(C)c1cc(C=N[C@@H]2CCCC[C@H]2N=Cc2cc(C(C)(C)C)cc(C(C)(C)C)c2[O-])c([O-])c(C(C)(C)C)c1.F[B-](F)(F)F.[Cr+3]. The number of benzene rings is 2. The third kappa shape index (κ3) is 12.4. The van der Waals surface area contributed by atoms with Crippen molar-refractivity contribution in [2.45, 2.75) is 143 Å². The van der Waals surface area contributed by atoms with Gasteiger partial charge in [-0.15, -0.1) is 0 Å². The summed E-state index contributed by atoms with van der Waals surface area (Å²) in [5.41, 5.74) is 4.62. The zero-order valence-corrected chi connectivity index (χ0v) is 30.9. The van der Waals surface area contributed by atoms with E-state index in [9.17, 15) is 27.5 Å². The topological polar surface area (TPSA) is 70.8 Å². The van der Waals surface area contributed by atoms with Crippen LogP contribution in [0.2, 0.25) is 0 Å². The molecule has 1 aliphatic rings. The van der Waals surface area contributed by atoms with Gasteiger partial charge in [-0.25, -0.2) is 0 Å². The van der Waals surface area contributed by atoms with Gasteiger partial charge >= 0.3 is 24.6 Å². The molecule has 0 N–H and O–H groups in total. The largest absolute Gasteiger partial charge is 3.00 e. The monoisotopic (exact) mass is 683 g/mol. The van der Waals surface area contributed by atoms with E-state index in [2.05, 4.69) is 95.2 Å². The maximum atomic E-state index is 13.5. The van der Waals surface area contributed by atoms with Crippen molar-refractivity contribution in [2.24, 2.45) is 9.98 Å². The molecule has 0 saturated heterocycles. The van der Waals surface area contributed by atoms with Crippen molar-refractivity contribution in [1.29, 1.82) is 0 Å². The molecule has 0 heterocycles. The second-order valence-corrected chi connectivity index (χ2v) is 16.4. The predicted molar refractivity (Wildman–Crippen MR) is 178 cm³/mol. The van der Waals surface area contributed by atoms with Crippen LogP contribution in [-0.4, -0.2) is 31.8 Å². The quantitative estimate of drug-likeness (QED) is 0.183. The molecule has 1 aliphatic carbocycles. The van der Waals surface area contributed by atoms with Gasteiger partial charge in [-0.3, -0.25) is 9.98 Å². The molecule has 2 aromatic carbocycles. The normalized spacial score (nSPS) is 18.3. The van der Waals surface area contributed by atoms with E-state index in [-0.39, 0.29) is 62.6 Å². The van der Waals surface area contributed by atoms with Crippen LogP contribution in [0.25, 0.3) is 0 Å². The molecule has 0 bridgehead atoms. The molecule has 1 radical (unpaired) electrons. The number of hydrogen-bond acceptors (Lipinski definition) is 4. The van der Waals surface area contributed by atoms with Crippen LogP contribution >= 0.6 is 0 Å². The van der Waals surface area contributed by atoms with Crippen LogP contribution in [0.15, 0.2) is 34.3 Å². The minimum Gasteiger partial charge on any atom is -0.872 e. The van der Waals surface area contributed by atoms with Crippen LogP contribution in [-0.2, 0) is 39.0 Å². The summed E-state index contributed by atoms with van der Waals surface area (Å²) in [6, 6.07) is 8.15. The maximum Gasteiger partial charge on any atom is 3.00 e. The van der Waals surface area contributed by atoms with E-state index < -0.39 is 7.25 Å². The second kappa shape index (κ2) is 15.3. The number of rotatable bonds is 4. The molecule has 2 atom stereocenters. The van der Waals surface area contributed by atoms with Crippen molar-refractivity contribution >= 4 is 19.7 Å². The average Bonchev–Trinajstić information content (AvgIpc) is 2.84. The van der Waals surface area contributed by atoms with Gasteiger partial charge in [-0.2, -0.15) is 0 Å². The van der Waals surface area contributed by atoms with E-state index in [1.54, 1.807) is 12.4 Å². The molecule has 0 unspecified atom stereocenters. The Morgan fingerprint density at radius 2 is 0.870 bits per heavy atom. The van der Waals surface area contributed by atoms with Gasteiger partial charge in [-0.1, -0.05) is 132 Å². The van der Waals surface area contributed by atoms with Gasteiger partial charge in [-0.05, 0) is 67.9 Å². The van der Waals surface area contributed by atoms with Gasteiger partial charge < -0.3 is 27.5 Å². The van der Waals surface area contributed by atoms with Crippen molar-refractivity contribution in [3.8, 4) is 11.5 Å². The predicted octanol–water partition coefficient (Wildman–Crippen LogP) is 9.17. The van der Waals surface area contributed by atoms with Crippen LogP contribution in [0.4, 0.5) is 17.3 Å². The fraction of sp³-hybridized carbons (Fsp3) is 0.611. The summed E-state index contributed by atoms with van der Waals surface area (Å²) in [7, 11) is -6.00. The molecular formula is C36H52BCrF4N2O2. The molecule has 0 aromatic heterocycles. The number of halogens is 4. The number of hydrogen-bond donors (Lipinski definition) is 0. The molecule has 2 aromatic rings. The van der Waals surface area contributed by atoms with Crippen LogP contribution in [0.3, 0.4) is 0 Å². The van der Waals surface area contributed by atoms with E-state index in [4.69, 9.17) is 9.98 Å². The Morgan fingerprint density at radius 3 is 1.11 bits per heavy atom. The fourth-order valence-electron chi connectivity index (χ4n) is 5.27. The zero-order valence-electron chi connectivity index (χ0n) is 29.7. The van der Waals surface area contributed by atoms with E-state index >= 15 is 0 Å². The van der Waals surface area contributed by atoms with Crippen LogP contribution in [0.1, 0.15) is 142 Å². The average molecular weight is 684 g/mol. The summed E-state index contributed by atoms with van der Waals surface area (Å²) >= 11 is 0. The first-order chi connectivity index (χ1) is 20.2. The molecule has 0 spiro atoms. The van der Waals surface area contributed by atoms with Gasteiger partial charge in [0.2, 0.25) is 0 Å². The first-order valence-corrected chi connectivity index (χ1v) is 15.9. The smallest absolute Gasteiger partial charge is 0.872 e. The molecule has 4 nitrogen and oxygen atoms in total. The van der Waals surface area contributed by atoms with E-state index in [0.717, 1.165) is 47.9 Å². The third-order valence-corrected chi connectivity index (χ3v) is 8.09. The summed E-state index contributed by atoms with van der Waals surface area (Å²) in [5, 5.41) is 26.9. The molecule has 10 heteroatoms. The molecule has 0 amide bonds. The molecule has 3 rings (SSSR count). The zero-order chi connectivity index (χ0) is 34.8. The van der Waals surface area contributed by atoms with Gasteiger partial charge in [0.15, 0.2) is 0 Å². The Labute approximate surface area is 285 Å². The first kappa shape index (κ1) is 41.7. The second-order valence-electron chi connectivity index (χ2n) is 16.4. The van der Waals surface area contributed by atoms with Crippen molar-refractivity contribution < 1.29 is 44.8 Å². The van der Waals surface area contributed by atoms with Gasteiger partial charge in [0, 0.05) is 12.4 Å². The van der Waals surface area contributed by atoms with Crippen LogP contribution in [0, 0.1) is 0 Å². The van der Waals surface area contributed by atoms with E-state index in [1.165, 1.54) is 0 Å². The number of nitrogens with zero attached hydrogens (tertiary/aromatic N) is 2. The van der Waals surface area contributed by atoms with Crippen molar-refractivity contribution in [3.05, 3.63) is 57.6 Å². The molecule has 255 valence electrons. The van der Waals surface area contributed by atoms with E-state index in [1.807, 2.05) is 12.1 Å². The fourth-order valence-corrected chi connectivity index (χ4v) is 5.27. The van der Waals surface area contributed by atoms with E-state index in [0.29, 0.717) is 11.1 Å². The Bertz CT molecular complexity index is 1270. The van der Waals surface area contributed by atoms with Crippen molar-refractivity contribution in [3.63, 3.8) is 0 Å². The minimum atomic E-state index is -6.00. The Hall–Kier alpha value is -2.30. The Balaban J connectivity index is 0.00000163. The number of aliphatic imine (C=N–C) groups is 2. The van der Waals surface area contributed by atoms with Crippen molar-refractivity contribution in [1.82, 2.24) is 0 Å². The standard InChI is InChI=1S/C36H54N2O2.BF4.Cr/c1-33(2,3)25-17-23(31(39)27(19-25)35(7,8)9)21-37-29-15-13-14-16-30(29)38-22-24-18-26(34(4,5)6)20-28(32(24)40)36(10,11)12;2-1(3,4)5;/h17-22,29-30,39-40H,13-16H2,1-12H3;;/q;-1;+3/p-2/t29-,30-;;/m1../s1. The molecule has 0 aliphatic heterocycles. The summed E-state index contributed by atoms with van der Waals surface area (Å²) < 4.78 is 39.0. The van der Waals surface area contributed by atoms with Gasteiger partial charge in [0.1, 0.15) is 0 Å². The Kier molecular flexibility index (Phi) is 13.9. The minimum absolute atomic E-state index is 0. The Morgan fingerprint density at radius 1 is 0.587 bits per heavy atom. The molecule has 46 heavy (non-hydrogen) atoms. The van der Waals surface area contributed by atoms with Gasteiger partial charge in [0.25, 0.3) is 0 Å². The maximum absolute atomic E-state index is 13.5. The third-order valence-electron chi connectivity index (χ3n) is 8.09. The summed E-state index contributed by atoms with van der Waals surface area (Å²) in [6.45, 7) is 25.6. The van der Waals surface area contributed by atoms with Gasteiger partial charge in [0.05, 0.1) is 12.1 Å². The van der Waals surface area contributed by atoms with Crippen molar-refractivity contribution in [2.75, 3.05) is 0 Å². The van der Waals surface area contributed by atoms with Crippen LogP contribution in [0.5, 0.6) is 11.5 Å². The molecule has 1 fully saturated rings. The molecular weight excluding hydrogens is 631 g/mol. The van der Waals surface area contributed by atoms with Crippen LogP contribution < -0.4 is 10.2 Å². The summed E-state index contributed by atoms with van der Waals surface area (Å²) in [6.07, 6.45) is 7.63. The summed E-state index contributed by atoms with van der Waals surface area (Å²) in [4.78, 5) is 9.95.